The van der Waals surface area contributed by atoms with E-state index in [2.05, 4.69) is 74.1 Å². The van der Waals surface area contributed by atoms with E-state index in [1.54, 1.807) is 88.5 Å². The van der Waals surface area contributed by atoms with Crippen molar-refractivity contribution in [2.75, 3.05) is 39.3 Å². The lowest BCUT2D eigenvalue weighted by Crippen LogP contribution is -2.61. The number of H-pyrrole nitrogens is 1. The third-order valence-corrected chi connectivity index (χ3v) is 22.6. The fraction of sp³-hybridized carbons (Fsp3) is 0.614. The Kier molecular flexibility index (Phi) is 47.4. The molecule has 742 valence electrons. The van der Waals surface area contributed by atoms with Crippen molar-refractivity contribution in [2.45, 2.75) is 292 Å². The summed E-state index contributed by atoms with van der Waals surface area (Å²) < 4.78 is 0. The number of amides is 16. The van der Waals surface area contributed by atoms with Crippen LogP contribution >= 0.6 is 0 Å². The number of aliphatic hydroxyl groups is 1. The van der Waals surface area contributed by atoms with Crippen molar-refractivity contribution in [3.8, 4) is 0 Å². The lowest BCUT2D eigenvalue weighted by atomic mass is 9.99. The van der Waals surface area contributed by atoms with Crippen LogP contribution in [0.3, 0.4) is 0 Å². The van der Waals surface area contributed by atoms with Crippen molar-refractivity contribution in [1.29, 1.82) is 0 Å². The highest BCUT2D eigenvalue weighted by molar-refractivity contribution is 6.02. The molecule has 5 rings (SSSR count). The molecular weight excluding hydrogens is 1750 g/mol. The first kappa shape index (κ1) is 112. The summed E-state index contributed by atoms with van der Waals surface area (Å²) in [7, 11) is 0. The Hall–Kier alpha value is -12.8. The van der Waals surface area contributed by atoms with Gasteiger partial charge in [0.1, 0.15) is 90.6 Å². The molecule has 2 aliphatic heterocycles. The molecule has 29 N–H and O–H groups in total. The van der Waals surface area contributed by atoms with Gasteiger partial charge >= 0.3 is 23.9 Å². The first-order valence-electron chi connectivity index (χ1n) is 45.3. The molecule has 1 aromatic heterocycles. The Morgan fingerprint density at radius 1 is 0.403 bits per heavy atom. The number of likely N-dealkylation sites (tertiary alicyclic amines) is 2. The minimum Gasteiger partial charge on any atom is -0.481 e. The van der Waals surface area contributed by atoms with Crippen LogP contribution in [0.5, 0.6) is 0 Å². The SMILES string of the molecule is CC(C)C[C@H](NC(=O)[C@H](CC(=O)O)NC(=O)[C@H](C)NC(=O)[C@H](Cc1ccccc1)NC(=O)[C@H](C)NC(=O)[C@H](CCC(=O)O)NC(=O)[C@H](CCC(N)=O)NC(=O)[C@H](CO)NC(=O)[C@H](CC(C)C)NC(=O)[C@@H]1CCCN1C(=O)[C@@H]1CCCN1C(=O)[C@@H](N)CCC(=O)O)C(=O)N[C@@H](Cc1c[nH]c2ccccc12)C(=O)N[C@@H](CCCCN)C(=O)N[C@@H](CCCCN)C(=O)N[C@@H](CCCCN)C(=O)O. The van der Waals surface area contributed by atoms with Gasteiger partial charge in [-0.15, -0.1) is 0 Å². The molecule has 3 heterocycles. The fourth-order valence-corrected chi connectivity index (χ4v) is 15.3. The largest absolute Gasteiger partial charge is 0.481 e. The van der Waals surface area contributed by atoms with E-state index in [1.165, 1.54) is 9.80 Å². The van der Waals surface area contributed by atoms with Gasteiger partial charge in [-0.05, 0) is 178 Å². The minimum atomic E-state index is -1.99. The zero-order valence-electron chi connectivity index (χ0n) is 76.6. The third-order valence-electron chi connectivity index (χ3n) is 22.6. The predicted octanol–water partition coefficient (Wildman–Crippen LogP) is -4.37. The Balaban J connectivity index is 1.32. The molecule has 16 amide bonds. The number of aromatic nitrogens is 1. The molecule has 46 heteroatoms. The molecule has 0 bridgehead atoms. The Morgan fingerprint density at radius 2 is 0.791 bits per heavy atom. The van der Waals surface area contributed by atoms with Crippen molar-refractivity contribution in [2.24, 2.45) is 40.5 Å². The Morgan fingerprint density at radius 3 is 1.29 bits per heavy atom. The van der Waals surface area contributed by atoms with Gasteiger partial charge in [-0.3, -0.25) is 91.1 Å². The number of fused-ring (bicyclic) bond motifs is 1. The number of nitrogens with one attached hydrogen (secondary N) is 14. The number of primary amides is 1. The summed E-state index contributed by atoms with van der Waals surface area (Å²) in [6.07, 6.45) is -0.104. The van der Waals surface area contributed by atoms with Crippen LogP contribution in [0.4, 0.5) is 0 Å². The minimum absolute atomic E-state index is 0.0254. The van der Waals surface area contributed by atoms with Gasteiger partial charge in [0.05, 0.1) is 19.1 Å². The zero-order chi connectivity index (χ0) is 99.6. The van der Waals surface area contributed by atoms with Crippen molar-refractivity contribution >= 4 is 129 Å². The standard InChI is InChI=1S/C88H135N21O25/c1-47(2)40-61(80(125)105-64(43-52-45-94-55-23-11-10-22-53(52)55)82(127)98-56(24-12-15-35-89)76(121)97-57(25-13-16-36-90)77(122)101-60(88(133)134)26-14-17-37-91)104-83(128)65(44-72(116)117)103-74(119)50(6)96-79(124)63(42-51-20-8-7-9-21-51)102-73(118)49(5)95-75(120)59(31-34-71(114)115)99-78(123)58(30-32-69(93)111)100-84(129)66(46-110)107-81(126)62(41-48(3)4)106-85(130)67-27-18-38-108(67)87(132)68-28-19-39-109(68)86(131)54(92)29-33-70(112)113/h7-11,20-23,45,47-50,54,56-68,94,110H,12-19,24-44,46,89-92H2,1-6H3,(H2,93,111)(H,95,120)(H,96,124)(H,97,121)(H,98,127)(H,99,123)(H,100,129)(H,101,122)(H,102,118)(H,103,119)(H,104,128)(H,105,125)(H,106,130)(H,107,126)(H,112,113)(H,114,115)(H,116,117)(H,133,134)/t49-,50-,54-,56-,57-,58-,59-,60-,61-,62-,63-,64-,65-,66-,67-,68-/m0/s1. The zero-order valence-corrected chi connectivity index (χ0v) is 76.6. The molecule has 134 heavy (non-hydrogen) atoms. The van der Waals surface area contributed by atoms with Gasteiger partial charge in [0.15, 0.2) is 0 Å². The molecule has 0 unspecified atom stereocenters. The molecule has 2 aromatic carbocycles. The predicted molar refractivity (Wildman–Crippen MR) is 483 cm³/mol. The highest BCUT2D eigenvalue weighted by Gasteiger charge is 2.45. The van der Waals surface area contributed by atoms with E-state index in [-0.39, 0.29) is 116 Å². The van der Waals surface area contributed by atoms with Gasteiger partial charge in [-0.2, -0.15) is 0 Å². The first-order chi connectivity index (χ1) is 63.5. The number of nitrogens with zero attached hydrogens (tertiary/aromatic N) is 2. The monoisotopic (exact) mass is 1890 g/mol. The molecule has 2 saturated heterocycles. The van der Waals surface area contributed by atoms with Gasteiger partial charge in [0.25, 0.3) is 0 Å². The average Bonchev–Trinajstić information content (AvgIpc) is 1.66. The maximum absolute atomic E-state index is 14.9. The molecule has 46 nitrogen and oxygen atoms in total. The van der Waals surface area contributed by atoms with Gasteiger partial charge in [0.2, 0.25) is 94.5 Å². The number of carbonyl (C=O) groups excluding carboxylic acids is 16. The van der Waals surface area contributed by atoms with Crippen LogP contribution in [0.2, 0.25) is 0 Å². The molecule has 2 aliphatic rings. The lowest BCUT2D eigenvalue weighted by Gasteiger charge is -2.32. The van der Waals surface area contributed by atoms with Crippen LogP contribution in [0.25, 0.3) is 10.9 Å². The van der Waals surface area contributed by atoms with E-state index in [9.17, 15) is 116 Å². The van der Waals surface area contributed by atoms with Gasteiger partial charge in [0, 0.05) is 62.3 Å². The van der Waals surface area contributed by atoms with E-state index in [4.69, 9.17) is 33.8 Å². The number of hydrogen-bond acceptors (Lipinski definition) is 25. The summed E-state index contributed by atoms with van der Waals surface area (Å²) in [6, 6.07) is -9.46. The van der Waals surface area contributed by atoms with Crippen molar-refractivity contribution in [3.05, 3.63) is 71.9 Å². The number of benzene rings is 2. The van der Waals surface area contributed by atoms with Gasteiger partial charge in [-0.25, -0.2) is 4.79 Å². The number of hydrogen-bond donors (Lipinski definition) is 24. The van der Waals surface area contributed by atoms with Crippen LogP contribution in [0.1, 0.15) is 194 Å². The molecule has 2 fully saturated rings. The fourth-order valence-electron chi connectivity index (χ4n) is 15.3. The highest BCUT2D eigenvalue weighted by atomic mass is 16.4. The quantitative estimate of drug-likeness (QED) is 0.0237. The number of carboxylic acid groups (broad SMARTS) is 4. The normalized spacial score (nSPS) is 16.7. The molecule has 3 aromatic rings. The van der Waals surface area contributed by atoms with E-state index >= 15 is 0 Å². The second kappa shape index (κ2) is 56.9. The van der Waals surface area contributed by atoms with Crippen molar-refractivity contribution in [1.82, 2.24) is 83.9 Å². The number of rotatable bonds is 61. The number of aliphatic carboxylic acids is 4. The molecular formula is C88H135N21O25. The van der Waals surface area contributed by atoms with Crippen LogP contribution < -0.4 is 97.8 Å². The molecule has 0 radical (unpaired) electrons. The molecule has 0 saturated carbocycles. The van der Waals surface area contributed by atoms with E-state index in [0.717, 1.165) is 13.8 Å². The van der Waals surface area contributed by atoms with Crippen molar-refractivity contribution in [3.63, 3.8) is 0 Å². The van der Waals surface area contributed by atoms with Crippen molar-refractivity contribution < 1.29 is 121 Å². The number of aliphatic hydroxyl groups excluding tert-OH is 1. The maximum Gasteiger partial charge on any atom is 0.326 e. The van der Waals surface area contributed by atoms with Crippen LogP contribution in [-0.4, -0.2) is 295 Å². The summed E-state index contributed by atoms with van der Waals surface area (Å²) in [4.78, 5) is 280. The maximum atomic E-state index is 14.9. The number of aromatic amines is 1. The lowest BCUT2D eigenvalue weighted by molar-refractivity contribution is -0.147. The van der Waals surface area contributed by atoms with E-state index in [0.29, 0.717) is 67.0 Å². The van der Waals surface area contributed by atoms with Crippen LogP contribution in [0, 0.1) is 11.8 Å². The molecule has 0 aliphatic carbocycles. The number of unbranched alkanes of at least 4 members (excludes halogenated alkanes) is 3. The number of carboxylic acids is 4. The Bertz CT molecular complexity index is 4540. The smallest absolute Gasteiger partial charge is 0.326 e. The Labute approximate surface area is 775 Å². The van der Waals surface area contributed by atoms with Gasteiger partial charge < -0.3 is 138 Å². The van der Waals surface area contributed by atoms with E-state index in [1.807, 2.05) is 0 Å². The summed E-state index contributed by atoms with van der Waals surface area (Å²) in [5, 5.41) is 82.6. The first-order valence-corrected chi connectivity index (χ1v) is 45.3. The number of nitrogens with two attached hydrogens (primary N) is 5. The summed E-state index contributed by atoms with van der Waals surface area (Å²) >= 11 is 0. The van der Waals surface area contributed by atoms with Crippen LogP contribution in [0.15, 0.2) is 60.8 Å². The summed E-state index contributed by atoms with van der Waals surface area (Å²) in [5.74, 6) is -22.1. The third kappa shape index (κ3) is 37.3. The second-order valence-corrected chi connectivity index (χ2v) is 34.5. The highest BCUT2D eigenvalue weighted by Crippen LogP contribution is 2.28. The van der Waals surface area contributed by atoms with E-state index < -0.39 is 260 Å². The average molecular weight is 1890 g/mol. The molecule has 0 spiro atoms. The second-order valence-electron chi connectivity index (χ2n) is 34.5. The number of carbonyl (C=O) groups is 20. The van der Waals surface area contributed by atoms with Gasteiger partial charge in [-0.1, -0.05) is 76.2 Å². The summed E-state index contributed by atoms with van der Waals surface area (Å²) in [5.41, 5.74) is 30.3. The molecule has 16 atom stereocenters. The topological polar surface area (TPSA) is 751 Å². The summed E-state index contributed by atoms with van der Waals surface area (Å²) in [6.45, 7) is 8.89. The van der Waals surface area contributed by atoms with Crippen LogP contribution in [-0.2, 0) is 109 Å². The number of para-hydroxylation sites is 1.